The Morgan fingerprint density at radius 2 is 2.00 bits per heavy atom. The summed E-state index contributed by atoms with van der Waals surface area (Å²) in [5.41, 5.74) is 1.07. The summed E-state index contributed by atoms with van der Waals surface area (Å²) in [7, 11) is 1.50. The minimum absolute atomic E-state index is 0.00852. The largest absolute Gasteiger partial charge is 0.352 e. The highest BCUT2D eigenvalue weighted by Crippen LogP contribution is 2.18. The lowest BCUT2D eigenvalue weighted by Gasteiger charge is -2.08. The van der Waals surface area contributed by atoms with Crippen LogP contribution in [0.5, 0.6) is 0 Å². The van der Waals surface area contributed by atoms with Crippen LogP contribution >= 0.6 is 10.7 Å². The van der Waals surface area contributed by atoms with Crippen LogP contribution in [0.3, 0.4) is 0 Å². The number of nitrogens with one attached hydrogen (secondary N) is 1. The summed E-state index contributed by atoms with van der Waals surface area (Å²) >= 11 is 0. The minimum Gasteiger partial charge on any atom is -0.352 e. The molecule has 106 valence electrons. The highest BCUT2D eigenvalue weighted by Gasteiger charge is 2.14. The Balaban J connectivity index is 2.77. The Morgan fingerprint density at radius 1 is 1.32 bits per heavy atom. The van der Waals surface area contributed by atoms with Crippen molar-refractivity contribution in [2.45, 2.75) is 38.0 Å². The predicted molar refractivity (Wildman–Crippen MR) is 76.1 cm³/mol. The van der Waals surface area contributed by atoms with Gasteiger partial charge in [0.25, 0.3) is 15.0 Å². The van der Waals surface area contributed by atoms with E-state index in [4.69, 9.17) is 10.7 Å². The third-order valence-corrected chi connectivity index (χ3v) is 4.14. The fraction of sp³-hybridized carbons (Fsp3) is 0.462. The van der Waals surface area contributed by atoms with Gasteiger partial charge in [-0.15, -0.1) is 0 Å². The van der Waals surface area contributed by atoms with Crippen molar-refractivity contribution < 1.29 is 13.2 Å². The molecule has 0 aromatic heterocycles. The van der Waals surface area contributed by atoms with E-state index in [0.29, 0.717) is 17.7 Å². The molecule has 0 spiro atoms. The molecule has 0 heterocycles. The Kier molecular flexibility index (Phi) is 5.82. The van der Waals surface area contributed by atoms with E-state index >= 15 is 0 Å². The van der Waals surface area contributed by atoms with Crippen molar-refractivity contribution in [2.75, 3.05) is 6.54 Å². The summed E-state index contributed by atoms with van der Waals surface area (Å²) in [4.78, 5) is 11.9. The molecule has 0 unspecified atom stereocenters. The molecule has 4 nitrogen and oxygen atoms in total. The first-order chi connectivity index (χ1) is 8.86. The minimum atomic E-state index is -3.75. The van der Waals surface area contributed by atoms with Crippen LogP contribution in [0.25, 0.3) is 0 Å². The maximum Gasteiger partial charge on any atom is 0.261 e. The maximum absolute atomic E-state index is 11.9. The van der Waals surface area contributed by atoms with Gasteiger partial charge in [0.05, 0.1) is 4.90 Å². The highest BCUT2D eigenvalue weighted by molar-refractivity contribution is 8.13. The normalized spacial score (nSPS) is 11.3. The molecule has 0 fully saturated rings. The van der Waals surface area contributed by atoms with Crippen LogP contribution in [-0.2, 0) is 9.05 Å². The first-order valence-corrected chi connectivity index (χ1v) is 8.50. The molecular weight excluding hydrogens is 286 g/mol. The van der Waals surface area contributed by atoms with Crippen LogP contribution in [-0.4, -0.2) is 20.9 Å². The van der Waals surface area contributed by atoms with Crippen LogP contribution in [0, 0.1) is 6.92 Å². The lowest BCUT2D eigenvalue weighted by atomic mass is 10.1. The molecule has 0 aliphatic heterocycles. The van der Waals surface area contributed by atoms with Gasteiger partial charge in [0.2, 0.25) is 0 Å². The lowest BCUT2D eigenvalue weighted by Crippen LogP contribution is -2.25. The van der Waals surface area contributed by atoms with Gasteiger partial charge in [0.15, 0.2) is 0 Å². The lowest BCUT2D eigenvalue weighted by molar-refractivity contribution is 0.0952. The van der Waals surface area contributed by atoms with E-state index in [1.165, 1.54) is 18.2 Å². The Morgan fingerprint density at radius 3 is 2.53 bits per heavy atom. The number of carbonyl (C=O) groups excluding carboxylic acids is 1. The molecule has 0 saturated heterocycles. The highest BCUT2D eigenvalue weighted by atomic mass is 35.7. The van der Waals surface area contributed by atoms with Crippen molar-refractivity contribution in [1.29, 1.82) is 0 Å². The summed E-state index contributed by atoms with van der Waals surface area (Å²) in [6.07, 6.45) is 3.11. The van der Waals surface area contributed by atoms with Crippen molar-refractivity contribution in [1.82, 2.24) is 5.32 Å². The smallest absolute Gasteiger partial charge is 0.261 e. The third-order valence-electron chi connectivity index (χ3n) is 2.79. The third kappa shape index (κ3) is 4.84. The number of halogens is 1. The van der Waals surface area contributed by atoms with Gasteiger partial charge in [-0.2, -0.15) is 0 Å². The number of amides is 1. The van der Waals surface area contributed by atoms with Crippen LogP contribution in [0.2, 0.25) is 0 Å². The molecule has 1 aromatic rings. The van der Waals surface area contributed by atoms with Crippen molar-refractivity contribution >= 4 is 25.6 Å². The standard InChI is InChI=1S/C13H18ClNO3S/c1-3-4-5-8-15-13(16)12-7-6-11(9-10(12)2)19(14,17)18/h6-7,9H,3-5,8H2,1-2H3,(H,15,16). The second-order valence-electron chi connectivity index (χ2n) is 4.38. The topological polar surface area (TPSA) is 63.2 Å². The predicted octanol–water partition coefficient (Wildman–Crippen LogP) is 2.84. The van der Waals surface area contributed by atoms with E-state index < -0.39 is 9.05 Å². The molecule has 0 bridgehead atoms. The van der Waals surface area contributed by atoms with Crippen LogP contribution in [0.4, 0.5) is 0 Å². The first kappa shape index (κ1) is 16.0. The van der Waals surface area contributed by atoms with Gasteiger partial charge in [-0.3, -0.25) is 4.79 Å². The molecular formula is C13H18ClNO3S. The zero-order valence-electron chi connectivity index (χ0n) is 11.1. The zero-order chi connectivity index (χ0) is 14.5. The van der Waals surface area contributed by atoms with Crippen LogP contribution in [0.1, 0.15) is 42.1 Å². The Bertz CT molecular complexity index is 555. The fourth-order valence-electron chi connectivity index (χ4n) is 1.71. The Hall–Kier alpha value is -1.07. The summed E-state index contributed by atoms with van der Waals surface area (Å²) in [5, 5.41) is 2.81. The molecule has 0 atom stereocenters. The average Bonchev–Trinajstić information content (AvgIpc) is 2.33. The molecule has 1 amide bonds. The van der Waals surface area contributed by atoms with Gasteiger partial charge in [-0.1, -0.05) is 19.8 Å². The number of aryl methyl sites for hydroxylation is 1. The van der Waals surface area contributed by atoms with Crippen LogP contribution < -0.4 is 5.32 Å². The second-order valence-corrected chi connectivity index (χ2v) is 6.94. The molecule has 0 aliphatic rings. The van der Waals surface area contributed by atoms with E-state index in [9.17, 15) is 13.2 Å². The molecule has 1 N–H and O–H groups in total. The van der Waals surface area contributed by atoms with Gasteiger partial charge < -0.3 is 5.32 Å². The van der Waals surface area contributed by atoms with E-state index in [1.807, 2.05) is 0 Å². The number of benzene rings is 1. The van der Waals surface area contributed by atoms with Gasteiger partial charge >= 0.3 is 0 Å². The van der Waals surface area contributed by atoms with Gasteiger partial charge in [-0.05, 0) is 37.1 Å². The number of hydrogen-bond acceptors (Lipinski definition) is 3. The SMILES string of the molecule is CCCCCNC(=O)c1ccc(S(=O)(=O)Cl)cc1C. The van der Waals surface area contributed by atoms with E-state index in [1.54, 1.807) is 6.92 Å². The van der Waals surface area contributed by atoms with E-state index in [0.717, 1.165) is 19.3 Å². The molecule has 0 aliphatic carbocycles. The zero-order valence-corrected chi connectivity index (χ0v) is 12.6. The monoisotopic (exact) mass is 303 g/mol. The van der Waals surface area contributed by atoms with Crippen LogP contribution in [0.15, 0.2) is 23.1 Å². The Labute approximate surface area is 118 Å². The van der Waals surface area contributed by atoms with Gasteiger partial charge in [0.1, 0.15) is 0 Å². The number of rotatable bonds is 6. The summed E-state index contributed by atoms with van der Waals surface area (Å²) in [6.45, 7) is 4.41. The maximum atomic E-state index is 11.9. The molecule has 6 heteroatoms. The average molecular weight is 304 g/mol. The number of unbranched alkanes of at least 4 members (excludes halogenated alkanes) is 2. The van der Waals surface area contributed by atoms with Crippen molar-refractivity contribution in [3.05, 3.63) is 29.3 Å². The fourth-order valence-corrected chi connectivity index (χ4v) is 2.55. The van der Waals surface area contributed by atoms with E-state index in [-0.39, 0.29) is 10.8 Å². The first-order valence-electron chi connectivity index (χ1n) is 6.19. The van der Waals surface area contributed by atoms with Crippen molar-refractivity contribution in [3.8, 4) is 0 Å². The summed E-state index contributed by atoms with van der Waals surface area (Å²) in [5.74, 6) is -0.188. The quantitative estimate of drug-likeness (QED) is 0.649. The molecule has 1 aromatic carbocycles. The van der Waals surface area contributed by atoms with E-state index in [2.05, 4.69) is 12.2 Å². The number of carbonyl (C=O) groups is 1. The van der Waals surface area contributed by atoms with Gasteiger partial charge in [-0.25, -0.2) is 8.42 Å². The summed E-state index contributed by atoms with van der Waals surface area (Å²) < 4.78 is 22.4. The number of hydrogen-bond donors (Lipinski definition) is 1. The van der Waals surface area contributed by atoms with Gasteiger partial charge in [0, 0.05) is 22.8 Å². The molecule has 1 rings (SSSR count). The summed E-state index contributed by atoms with van der Waals surface area (Å²) in [6, 6.07) is 4.24. The second kappa shape index (κ2) is 6.91. The molecule has 0 radical (unpaired) electrons. The molecule has 0 saturated carbocycles. The molecule has 19 heavy (non-hydrogen) atoms. The van der Waals surface area contributed by atoms with Crippen molar-refractivity contribution in [3.63, 3.8) is 0 Å². The van der Waals surface area contributed by atoms with Crippen molar-refractivity contribution in [2.24, 2.45) is 0 Å².